The van der Waals surface area contributed by atoms with E-state index in [9.17, 15) is 9.59 Å². The van der Waals surface area contributed by atoms with Crippen LogP contribution in [0.5, 0.6) is 0 Å². The molecule has 0 saturated carbocycles. The van der Waals surface area contributed by atoms with Crippen LogP contribution in [0.1, 0.15) is 5.69 Å². The molecule has 3 aromatic rings. The standard InChI is InChI=1S/C19H18BrN3O4S2/c1-26-5-6-27-19(25)23-14-4-2-3-13(8-14)21-17(24)9-15-11-29-18(22-15)16-7-12(20)10-28-16/h2-4,7-8,10-11H,5-6,9H2,1H3,(H,21,24)(H,23,25). The Balaban J connectivity index is 1.54. The molecule has 0 radical (unpaired) electrons. The van der Waals surface area contributed by atoms with Crippen LogP contribution in [-0.2, 0) is 20.7 Å². The summed E-state index contributed by atoms with van der Waals surface area (Å²) >= 11 is 6.54. The van der Waals surface area contributed by atoms with Crippen LogP contribution in [0, 0.1) is 0 Å². The summed E-state index contributed by atoms with van der Waals surface area (Å²) in [7, 11) is 1.53. The third kappa shape index (κ3) is 6.64. The Bertz CT molecular complexity index is 989. The summed E-state index contributed by atoms with van der Waals surface area (Å²) in [6.45, 7) is 0.489. The highest BCUT2D eigenvalue weighted by molar-refractivity contribution is 9.10. The molecule has 0 saturated heterocycles. The number of nitrogens with zero attached hydrogens (tertiary/aromatic N) is 1. The van der Waals surface area contributed by atoms with Crippen molar-refractivity contribution in [3.8, 4) is 9.88 Å². The number of nitrogens with one attached hydrogen (secondary N) is 2. The first-order valence-corrected chi connectivity index (χ1v) is 11.1. The molecule has 2 amide bonds. The molecule has 152 valence electrons. The van der Waals surface area contributed by atoms with Crippen LogP contribution in [0.25, 0.3) is 9.88 Å². The summed E-state index contributed by atoms with van der Waals surface area (Å²) in [6.07, 6.45) is -0.416. The molecular weight excluding hydrogens is 478 g/mol. The van der Waals surface area contributed by atoms with Gasteiger partial charge in [-0.25, -0.2) is 9.78 Å². The van der Waals surface area contributed by atoms with E-state index < -0.39 is 6.09 Å². The third-order valence-corrected chi connectivity index (χ3v) is 6.34. The van der Waals surface area contributed by atoms with E-state index in [1.165, 1.54) is 18.4 Å². The number of thiophene rings is 1. The fourth-order valence-electron chi connectivity index (χ4n) is 2.34. The molecule has 0 aliphatic rings. The minimum absolute atomic E-state index is 0.164. The Labute approximate surface area is 184 Å². The van der Waals surface area contributed by atoms with Gasteiger partial charge in [-0.3, -0.25) is 10.1 Å². The van der Waals surface area contributed by atoms with E-state index in [2.05, 4.69) is 31.5 Å². The normalized spacial score (nSPS) is 10.6. The number of aromatic nitrogens is 1. The second kappa shape index (κ2) is 10.5. The zero-order chi connectivity index (χ0) is 20.6. The number of anilines is 2. The summed E-state index contributed by atoms with van der Waals surface area (Å²) in [5.41, 5.74) is 1.80. The van der Waals surface area contributed by atoms with Gasteiger partial charge < -0.3 is 14.8 Å². The second-order valence-corrected chi connectivity index (χ2v) is 8.52. The van der Waals surface area contributed by atoms with Gasteiger partial charge >= 0.3 is 6.09 Å². The molecule has 7 nitrogen and oxygen atoms in total. The van der Waals surface area contributed by atoms with Crippen molar-refractivity contribution in [2.24, 2.45) is 0 Å². The van der Waals surface area contributed by atoms with Crippen molar-refractivity contribution >= 4 is 62.0 Å². The molecule has 0 atom stereocenters. The lowest BCUT2D eigenvalue weighted by molar-refractivity contribution is -0.115. The minimum Gasteiger partial charge on any atom is -0.447 e. The Morgan fingerprint density at radius 2 is 1.90 bits per heavy atom. The average Bonchev–Trinajstić information content (AvgIpc) is 3.31. The van der Waals surface area contributed by atoms with E-state index in [1.54, 1.807) is 35.6 Å². The quantitative estimate of drug-likeness (QED) is 0.428. The lowest BCUT2D eigenvalue weighted by Crippen LogP contribution is -2.17. The fraction of sp³-hybridized carbons (Fsp3) is 0.211. The van der Waals surface area contributed by atoms with Crippen molar-refractivity contribution in [1.82, 2.24) is 4.98 Å². The van der Waals surface area contributed by atoms with Crippen LogP contribution in [0.2, 0.25) is 0 Å². The number of ether oxygens (including phenoxy) is 2. The van der Waals surface area contributed by atoms with Gasteiger partial charge in [0.1, 0.15) is 11.6 Å². The number of thiazole rings is 1. The molecule has 0 bridgehead atoms. The van der Waals surface area contributed by atoms with Crippen molar-refractivity contribution in [2.45, 2.75) is 6.42 Å². The highest BCUT2D eigenvalue weighted by Gasteiger charge is 2.11. The number of methoxy groups -OCH3 is 1. The van der Waals surface area contributed by atoms with Crippen LogP contribution < -0.4 is 10.6 Å². The van der Waals surface area contributed by atoms with E-state index in [4.69, 9.17) is 9.47 Å². The molecule has 0 fully saturated rings. The lowest BCUT2D eigenvalue weighted by Gasteiger charge is -2.09. The molecule has 0 aliphatic heterocycles. The summed E-state index contributed by atoms with van der Waals surface area (Å²) in [5.74, 6) is -0.186. The number of carbonyl (C=O) groups is 2. The SMILES string of the molecule is COCCOC(=O)Nc1cccc(NC(=O)Cc2csc(-c3cc(Br)cs3)n2)c1. The van der Waals surface area contributed by atoms with E-state index >= 15 is 0 Å². The predicted molar refractivity (Wildman–Crippen MR) is 119 cm³/mol. The summed E-state index contributed by atoms with van der Waals surface area (Å²) in [6, 6.07) is 8.85. The van der Waals surface area contributed by atoms with Gasteiger partial charge in [-0.05, 0) is 40.2 Å². The van der Waals surface area contributed by atoms with Crippen molar-refractivity contribution in [2.75, 3.05) is 31.0 Å². The van der Waals surface area contributed by atoms with Crippen LogP contribution in [-0.4, -0.2) is 37.3 Å². The number of halogens is 1. The maximum Gasteiger partial charge on any atom is 0.411 e. The zero-order valence-electron chi connectivity index (χ0n) is 15.4. The maximum atomic E-state index is 12.4. The number of rotatable bonds is 8. The summed E-state index contributed by atoms with van der Waals surface area (Å²) in [4.78, 5) is 29.7. The van der Waals surface area contributed by atoms with Crippen LogP contribution in [0.15, 0.2) is 45.6 Å². The van der Waals surface area contributed by atoms with Gasteiger partial charge in [0.2, 0.25) is 5.91 Å². The first-order chi connectivity index (χ1) is 14.0. The highest BCUT2D eigenvalue weighted by atomic mass is 79.9. The first kappa shape index (κ1) is 21.4. The van der Waals surface area contributed by atoms with Gasteiger partial charge in [-0.15, -0.1) is 22.7 Å². The fourth-order valence-corrected chi connectivity index (χ4v) is 4.67. The lowest BCUT2D eigenvalue weighted by atomic mass is 10.2. The average molecular weight is 496 g/mol. The predicted octanol–water partition coefficient (Wildman–Crippen LogP) is 5.01. The number of hydrogen-bond acceptors (Lipinski definition) is 7. The molecule has 0 spiro atoms. The van der Waals surface area contributed by atoms with Gasteiger partial charge in [0.15, 0.2) is 0 Å². The third-order valence-electron chi connectivity index (χ3n) is 3.59. The van der Waals surface area contributed by atoms with Gasteiger partial charge in [-0.2, -0.15) is 0 Å². The van der Waals surface area contributed by atoms with Crippen LogP contribution in [0.4, 0.5) is 16.2 Å². The molecule has 2 aromatic heterocycles. The Morgan fingerprint density at radius 3 is 2.62 bits per heavy atom. The Morgan fingerprint density at radius 1 is 1.10 bits per heavy atom. The van der Waals surface area contributed by atoms with E-state index in [0.29, 0.717) is 23.7 Å². The highest BCUT2D eigenvalue weighted by Crippen LogP contribution is 2.32. The number of amides is 2. The minimum atomic E-state index is -0.583. The molecule has 2 N–H and O–H groups in total. The molecule has 10 heteroatoms. The number of carbonyl (C=O) groups excluding carboxylic acids is 2. The van der Waals surface area contributed by atoms with Crippen LogP contribution >= 0.6 is 38.6 Å². The summed E-state index contributed by atoms with van der Waals surface area (Å²) < 4.78 is 10.8. The molecular formula is C19H18BrN3O4S2. The van der Waals surface area contributed by atoms with Gasteiger partial charge in [-0.1, -0.05) is 6.07 Å². The van der Waals surface area contributed by atoms with Crippen LogP contribution in [0.3, 0.4) is 0 Å². The Kier molecular flexibility index (Phi) is 7.76. The van der Waals surface area contributed by atoms with Gasteiger partial charge in [0.25, 0.3) is 0 Å². The summed E-state index contributed by atoms with van der Waals surface area (Å²) in [5, 5.41) is 10.2. The molecule has 0 aliphatic carbocycles. The molecule has 3 rings (SSSR count). The smallest absolute Gasteiger partial charge is 0.411 e. The largest absolute Gasteiger partial charge is 0.447 e. The van der Waals surface area contributed by atoms with Crippen molar-refractivity contribution in [3.05, 3.63) is 51.3 Å². The molecule has 0 unspecified atom stereocenters. The zero-order valence-corrected chi connectivity index (χ0v) is 18.7. The van der Waals surface area contributed by atoms with Gasteiger partial charge in [0, 0.05) is 33.7 Å². The van der Waals surface area contributed by atoms with Crippen molar-refractivity contribution in [1.29, 1.82) is 0 Å². The number of hydrogen-bond donors (Lipinski definition) is 2. The van der Waals surface area contributed by atoms with Crippen molar-refractivity contribution in [3.63, 3.8) is 0 Å². The molecule has 29 heavy (non-hydrogen) atoms. The van der Waals surface area contributed by atoms with Gasteiger partial charge in [0.05, 0.1) is 23.6 Å². The number of benzene rings is 1. The van der Waals surface area contributed by atoms with E-state index in [0.717, 1.165) is 14.4 Å². The second-order valence-electron chi connectivity index (χ2n) is 5.83. The molecule has 2 heterocycles. The first-order valence-electron chi connectivity index (χ1n) is 8.55. The van der Waals surface area contributed by atoms with E-state index in [-0.39, 0.29) is 18.9 Å². The Hall–Kier alpha value is -2.27. The van der Waals surface area contributed by atoms with Crippen molar-refractivity contribution < 1.29 is 19.1 Å². The molecule has 1 aromatic carbocycles. The topological polar surface area (TPSA) is 89.5 Å². The van der Waals surface area contributed by atoms with E-state index in [1.807, 2.05) is 16.8 Å². The maximum absolute atomic E-state index is 12.4. The monoisotopic (exact) mass is 495 g/mol.